The van der Waals surface area contributed by atoms with Gasteiger partial charge in [-0.05, 0) is 24.8 Å². The zero-order valence-electron chi connectivity index (χ0n) is 11.3. The minimum absolute atomic E-state index is 0.0227. The number of hydrogen-bond acceptors (Lipinski definition) is 2. The van der Waals surface area contributed by atoms with E-state index in [-0.39, 0.29) is 13.1 Å². The molecule has 1 rings (SSSR count). The summed E-state index contributed by atoms with van der Waals surface area (Å²) >= 11 is 0. The Morgan fingerprint density at radius 1 is 0.850 bits per heavy atom. The molecule has 20 heavy (non-hydrogen) atoms. The van der Waals surface area contributed by atoms with Crippen LogP contribution in [0.1, 0.15) is 26.7 Å². The maximum absolute atomic E-state index is 13.5. The van der Waals surface area contributed by atoms with Crippen molar-refractivity contribution < 1.29 is 22.0 Å². The largest absolute Gasteiger partial charge is 0.380 e. The molecule has 0 fully saturated rings. The molecular weight excluding hydrogens is 279 g/mol. The van der Waals surface area contributed by atoms with E-state index < -0.39 is 40.2 Å². The van der Waals surface area contributed by atoms with Gasteiger partial charge in [-0.1, -0.05) is 13.8 Å². The second-order valence-electron chi connectivity index (χ2n) is 4.71. The van der Waals surface area contributed by atoms with E-state index in [2.05, 4.69) is 5.32 Å². The Hall–Kier alpha value is -1.37. The first kappa shape index (κ1) is 16.7. The van der Waals surface area contributed by atoms with Crippen molar-refractivity contribution in [3.05, 3.63) is 29.1 Å². The quantitative estimate of drug-likeness (QED) is 0.478. The lowest BCUT2D eigenvalue weighted by atomic mass is 9.82. The van der Waals surface area contributed by atoms with E-state index >= 15 is 0 Å². The molecule has 114 valence electrons. The second-order valence-corrected chi connectivity index (χ2v) is 4.71. The lowest BCUT2D eigenvalue weighted by molar-refractivity contribution is 0.293. The monoisotopic (exact) mass is 296 g/mol. The van der Waals surface area contributed by atoms with Crippen LogP contribution in [0.3, 0.4) is 0 Å². The first-order valence-corrected chi connectivity index (χ1v) is 6.29. The van der Waals surface area contributed by atoms with Crippen LogP contribution in [0, 0.1) is 34.5 Å². The summed E-state index contributed by atoms with van der Waals surface area (Å²) in [5, 5.41) is 2.31. The molecule has 0 radical (unpaired) electrons. The Balaban J connectivity index is 3.11. The molecule has 0 unspecified atom stereocenters. The van der Waals surface area contributed by atoms with Gasteiger partial charge >= 0.3 is 0 Å². The van der Waals surface area contributed by atoms with Crippen LogP contribution in [-0.4, -0.2) is 13.1 Å². The third-order valence-electron chi connectivity index (χ3n) is 3.78. The summed E-state index contributed by atoms with van der Waals surface area (Å²) in [5.74, 6) is -9.81. The number of nitrogens with two attached hydrogens (primary N) is 1. The van der Waals surface area contributed by atoms with Gasteiger partial charge in [0.15, 0.2) is 23.3 Å². The van der Waals surface area contributed by atoms with Crippen molar-refractivity contribution in [2.24, 2.45) is 11.1 Å². The highest BCUT2D eigenvalue weighted by molar-refractivity contribution is 5.48. The first-order valence-electron chi connectivity index (χ1n) is 6.29. The van der Waals surface area contributed by atoms with Crippen LogP contribution < -0.4 is 11.1 Å². The number of benzene rings is 1. The summed E-state index contributed by atoms with van der Waals surface area (Å²) in [7, 11) is 0. The molecule has 0 bridgehead atoms. The maximum atomic E-state index is 13.5. The van der Waals surface area contributed by atoms with Gasteiger partial charge in [-0.2, -0.15) is 0 Å². The Morgan fingerprint density at radius 2 is 1.25 bits per heavy atom. The summed E-state index contributed by atoms with van der Waals surface area (Å²) in [4.78, 5) is 0. The predicted molar refractivity (Wildman–Crippen MR) is 66.8 cm³/mol. The van der Waals surface area contributed by atoms with Gasteiger partial charge in [-0.15, -0.1) is 0 Å². The van der Waals surface area contributed by atoms with Crippen molar-refractivity contribution in [3.63, 3.8) is 0 Å². The van der Waals surface area contributed by atoms with Gasteiger partial charge in [0.25, 0.3) is 0 Å². The summed E-state index contributed by atoms with van der Waals surface area (Å²) in [6, 6.07) is 0. The van der Waals surface area contributed by atoms with Crippen molar-refractivity contribution in [2.75, 3.05) is 18.4 Å². The SMILES string of the molecule is CCC(CC)(CN)CNc1c(F)c(F)c(F)c(F)c1F. The van der Waals surface area contributed by atoms with Gasteiger partial charge in [-0.25, -0.2) is 22.0 Å². The molecular formula is C13H17F5N2. The van der Waals surface area contributed by atoms with Crippen molar-refractivity contribution in [1.29, 1.82) is 0 Å². The van der Waals surface area contributed by atoms with Gasteiger partial charge in [-0.3, -0.25) is 0 Å². The molecule has 0 amide bonds. The van der Waals surface area contributed by atoms with Crippen LogP contribution in [0.15, 0.2) is 0 Å². The normalized spacial score (nSPS) is 11.8. The summed E-state index contributed by atoms with van der Waals surface area (Å²) < 4.78 is 65.9. The molecule has 0 saturated carbocycles. The molecule has 2 nitrogen and oxygen atoms in total. The number of nitrogens with one attached hydrogen (secondary N) is 1. The van der Waals surface area contributed by atoms with Crippen LogP contribution in [0.2, 0.25) is 0 Å². The van der Waals surface area contributed by atoms with Gasteiger partial charge in [0.05, 0.1) is 0 Å². The molecule has 0 aliphatic carbocycles. The Morgan fingerprint density at radius 3 is 1.60 bits per heavy atom. The van der Waals surface area contributed by atoms with Crippen LogP contribution in [-0.2, 0) is 0 Å². The molecule has 1 aromatic rings. The zero-order chi connectivity index (χ0) is 15.5. The predicted octanol–water partition coefficient (Wildman–Crippen LogP) is 3.56. The number of halogens is 5. The fourth-order valence-electron chi connectivity index (χ4n) is 1.90. The van der Waals surface area contributed by atoms with Crippen LogP contribution >= 0.6 is 0 Å². The van der Waals surface area contributed by atoms with Gasteiger partial charge in [0.1, 0.15) is 5.69 Å². The number of anilines is 1. The van der Waals surface area contributed by atoms with Crippen molar-refractivity contribution >= 4 is 5.69 Å². The van der Waals surface area contributed by atoms with Crippen molar-refractivity contribution in [3.8, 4) is 0 Å². The molecule has 0 atom stereocenters. The molecule has 0 saturated heterocycles. The minimum atomic E-state index is -2.17. The Bertz CT molecular complexity index is 449. The Kier molecular flexibility index (Phi) is 5.33. The lowest BCUT2D eigenvalue weighted by Crippen LogP contribution is -2.36. The van der Waals surface area contributed by atoms with E-state index in [1.165, 1.54) is 0 Å². The highest BCUT2D eigenvalue weighted by Gasteiger charge is 2.29. The smallest absolute Gasteiger partial charge is 0.200 e. The summed E-state index contributed by atoms with van der Waals surface area (Å²) in [6.45, 7) is 3.95. The average molecular weight is 296 g/mol. The first-order chi connectivity index (χ1) is 9.33. The molecule has 7 heteroatoms. The van der Waals surface area contributed by atoms with E-state index in [1.54, 1.807) is 0 Å². The third kappa shape index (κ3) is 2.87. The lowest BCUT2D eigenvalue weighted by Gasteiger charge is -2.30. The highest BCUT2D eigenvalue weighted by Crippen LogP contribution is 2.30. The van der Waals surface area contributed by atoms with Gasteiger partial charge in [0, 0.05) is 6.54 Å². The molecule has 0 aliphatic rings. The van der Waals surface area contributed by atoms with Crippen molar-refractivity contribution in [1.82, 2.24) is 0 Å². The molecule has 3 N–H and O–H groups in total. The fraction of sp³-hybridized carbons (Fsp3) is 0.538. The number of hydrogen-bond donors (Lipinski definition) is 2. The van der Waals surface area contributed by atoms with E-state index in [4.69, 9.17) is 5.73 Å². The topological polar surface area (TPSA) is 38.0 Å². The highest BCUT2D eigenvalue weighted by atomic mass is 19.2. The standard InChI is InChI=1S/C13H17F5N2/c1-3-13(4-2,5-19)6-20-12-10(17)8(15)7(14)9(16)11(12)18/h20H,3-6,19H2,1-2H3. The summed E-state index contributed by atoms with van der Waals surface area (Å²) in [6.07, 6.45) is 1.23. The summed E-state index contributed by atoms with van der Waals surface area (Å²) in [5.41, 5.74) is 4.15. The van der Waals surface area contributed by atoms with E-state index in [0.717, 1.165) is 0 Å². The average Bonchev–Trinajstić information content (AvgIpc) is 2.47. The maximum Gasteiger partial charge on any atom is 0.200 e. The zero-order valence-corrected chi connectivity index (χ0v) is 11.3. The van der Waals surface area contributed by atoms with Crippen LogP contribution in [0.25, 0.3) is 0 Å². The molecule has 0 aromatic heterocycles. The second kappa shape index (κ2) is 6.39. The van der Waals surface area contributed by atoms with E-state index in [1.807, 2.05) is 13.8 Å². The van der Waals surface area contributed by atoms with Gasteiger partial charge in [0.2, 0.25) is 5.82 Å². The minimum Gasteiger partial charge on any atom is -0.380 e. The molecule has 0 spiro atoms. The molecule has 0 heterocycles. The van der Waals surface area contributed by atoms with Gasteiger partial charge < -0.3 is 11.1 Å². The Labute approximate surface area is 114 Å². The fourth-order valence-corrected chi connectivity index (χ4v) is 1.90. The molecule has 0 aliphatic heterocycles. The van der Waals surface area contributed by atoms with Crippen molar-refractivity contribution in [2.45, 2.75) is 26.7 Å². The van der Waals surface area contributed by atoms with Crippen LogP contribution in [0.4, 0.5) is 27.6 Å². The molecule has 1 aromatic carbocycles. The third-order valence-corrected chi connectivity index (χ3v) is 3.78. The number of rotatable bonds is 6. The van der Waals surface area contributed by atoms with E-state index in [0.29, 0.717) is 12.8 Å². The van der Waals surface area contributed by atoms with Crippen LogP contribution in [0.5, 0.6) is 0 Å². The van der Waals surface area contributed by atoms with E-state index in [9.17, 15) is 22.0 Å².